The lowest BCUT2D eigenvalue weighted by atomic mass is 10.3. The Morgan fingerprint density at radius 2 is 2.30 bits per heavy atom. The van der Waals surface area contributed by atoms with Crippen molar-refractivity contribution in [3.63, 3.8) is 0 Å². The highest BCUT2D eigenvalue weighted by atomic mass is 32.2. The number of nitrogens with two attached hydrogens (primary N) is 1. The van der Waals surface area contributed by atoms with Crippen molar-refractivity contribution >= 4 is 21.8 Å². The van der Waals surface area contributed by atoms with Gasteiger partial charge in [-0.05, 0) is 0 Å². The highest BCUT2D eigenvalue weighted by Gasteiger charge is 2.36. The second kappa shape index (κ2) is 5.38. The van der Waals surface area contributed by atoms with E-state index in [9.17, 15) is 13.2 Å². The monoisotopic (exact) mass is 304 g/mol. The molecular formula is C10H16N4O5S. The van der Waals surface area contributed by atoms with E-state index >= 15 is 0 Å². The number of anilines is 1. The molecule has 1 saturated heterocycles. The van der Waals surface area contributed by atoms with Gasteiger partial charge < -0.3 is 15.2 Å². The number of rotatable bonds is 3. The zero-order chi connectivity index (χ0) is 14.9. The summed E-state index contributed by atoms with van der Waals surface area (Å²) in [5, 5.41) is 3.81. The van der Waals surface area contributed by atoms with Gasteiger partial charge in [0.2, 0.25) is 10.0 Å². The molecule has 0 bridgehead atoms. The number of aryl methyl sites for hydroxylation is 1. The Bertz CT molecular complexity index is 611. The fourth-order valence-electron chi connectivity index (χ4n) is 1.94. The summed E-state index contributed by atoms with van der Waals surface area (Å²) in [5.74, 6) is -0.683. The van der Waals surface area contributed by atoms with E-state index in [0.29, 0.717) is 0 Å². The molecule has 1 aliphatic heterocycles. The summed E-state index contributed by atoms with van der Waals surface area (Å²) < 4.78 is 37.1. The minimum Gasteiger partial charge on any atom is -0.467 e. The molecule has 2 heterocycles. The molecule has 0 aliphatic carbocycles. The Labute approximate surface area is 116 Å². The van der Waals surface area contributed by atoms with E-state index in [1.807, 2.05) is 0 Å². The molecule has 2 rings (SSSR count). The standard InChI is InChI=1S/C10H16N4O5S/c1-13-6-8(9(11)12-13)20(16,17)14-3-4-19-7(5-14)10(15)18-2/h6-7H,3-5H2,1-2H3,(H2,11,12). The number of hydrogen-bond acceptors (Lipinski definition) is 7. The number of sulfonamides is 1. The van der Waals surface area contributed by atoms with Gasteiger partial charge in [0.25, 0.3) is 0 Å². The molecule has 112 valence electrons. The van der Waals surface area contributed by atoms with Crippen LogP contribution in [0.4, 0.5) is 5.82 Å². The van der Waals surface area contributed by atoms with E-state index in [1.54, 1.807) is 7.05 Å². The second-order valence-electron chi connectivity index (χ2n) is 4.30. The Morgan fingerprint density at radius 3 is 2.85 bits per heavy atom. The third-order valence-corrected chi connectivity index (χ3v) is 4.81. The van der Waals surface area contributed by atoms with Gasteiger partial charge in [0.15, 0.2) is 11.9 Å². The number of methoxy groups -OCH3 is 1. The van der Waals surface area contributed by atoms with Gasteiger partial charge in [-0.2, -0.15) is 9.40 Å². The maximum absolute atomic E-state index is 12.5. The van der Waals surface area contributed by atoms with Crippen molar-refractivity contribution in [1.29, 1.82) is 0 Å². The number of carbonyl (C=O) groups excluding carboxylic acids is 1. The van der Waals surface area contributed by atoms with Gasteiger partial charge in [0, 0.05) is 19.8 Å². The molecule has 2 N–H and O–H groups in total. The Hall–Kier alpha value is -1.65. The topological polar surface area (TPSA) is 117 Å². The fourth-order valence-corrected chi connectivity index (χ4v) is 3.46. The minimum absolute atomic E-state index is 0.0754. The van der Waals surface area contributed by atoms with Crippen LogP contribution >= 0.6 is 0 Å². The quantitative estimate of drug-likeness (QED) is 0.680. The van der Waals surface area contributed by atoms with Crippen molar-refractivity contribution in [2.45, 2.75) is 11.0 Å². The number of carbonyl (C=O) groups is 1. The average Bonchev–Trinajstić information content (AvgIpc) is 2.77. The Morgan fingerprint density at radius 1 is 1.60 bits per heavy atom. The van der Waals surface area contributed by atoms with Gasteiger partial charge in [-0.3, -0.25) is 4.68 Å². The van der Waals surface area contributed by atoms with Gasteiger partial charge in [-0.15, -0.1) is 0 Å². The smallest absolute Gasteiger partial charge is 0.336 e. The van der Waals surface area contributed by atoms with Crippen LogP contribution in [0, 0.1) is 0 Å². The van der Waals surface area contributed by atoms with Crippen molar-refractivity contribution in [2.24, 2.45) is 7.05 Å². The van der Waals surface area contributed by atoms with Crippen LogP contribution in [0.15, 0.2) is 11.1 Å². The fraction of sp³-hybridized carbons (Fsp3) is 0.600. The third kappa shape index (κ3) is 2.62. The number of nitrogens with zero attached hydrogens (tertiary/aromatic N) is 3. The summed E-state index contributed by atoms with van der Waals surface area (Å²) in [4.78, 5) is 11.4. The van der Waals surface area contributed by atoms with Gasteiger partial charge in [-0.25, -0.2) is 13.2 Å². The first kappa shape index (κ1) is 14.8. The lowest BCUT2D eigenvalue weighted by Gasteiger charge is -2.30. The maximum Gasteiger partial charge on any atom is 0.336 e. The molecule has 1 unspecified atom stereocenters. The first-order valence-electron chi connectivity index (χ1n) is 5.85. The largest absolute Gasteiger partial charge is 0.467 e. The molecule has 9 nitrogen and oxygen atoms in total. The summed E-state index contributed by atoms with van der Waals surface area (Å²) >= 11 is 0. The van der Waals surface area contributed by atoms with Crippen molar-refractivity contribution in [3.8, 4) is 0 Å². The molecule has 0 spiro atoms. The lowest BCUT2D eigenvalue weighted by molar-refractivity contribution is -0.157. The highest BCUT2D eigenvalue weighted by Crippen LogP contribution is 2.22. The van der Waals surface area contributed by atoms with Gasteiger partial charge in [0.1, 0.15) is 4.90 Å². The van der Waals surface area contributed by atoms with Crippen molar-refractivity contribution < 1.29 is 22.7 Å². The van der Waals surface area contributed by atoms with Crippen LogP contribution in [0.3, 0.4) is 0 Å². The van der Waals surface area contributed by atoms with Crippen LogP contribution in [-0.2, 0) is 31.3 Å². The number of hydrogen-bond donors (Lipinski definition) is 1. The molecule has 1 aromatic heterocycles. The first-order chi connectivity index (χ1) is 9.36. The second-order valence-corrected chi connectivity index (χ2v) is 6.20. The summed E-state index contributed by atoms with van der Waals surface area (Å²) in [6.07, 6.45) is 0.397. The van der Waals surface area contributed by atoms with Crippen molar-refractivity contribution in [1.82, 2.24) is 14.1 Å². The van der Waals surface area contributed by atoms with Crippen LogP contribution in [0.5, 0.6) is 0 Å². The molecule has 1 aromatic rings. The average molecular weight is 304 g/mol. The first-order valence-corrected chi connectivity index (χ1v) is 7.29. The number of nitrogen functional groups attached to an aromatic ring is 1. The number of morpholine rings is 1. The molecule has 0 amide bonds. The van der Waals surface area contributed by atoms with E-state index in [-0.39, 0.29) is 30.4 Å². The highest BCUT2D eigenvalue weighted by molar-refractivity contribution is 7.89. The molecule has 0 radical (unpaired) electrons. The van der Waals surface area contributed by atoms with Crippen LogP contribution in [0.2, 0.25) is 0 Å². The molecule has 20 heavy (non-hydrogen) atoms. The Balaban J connectivity index is 2.26. The molecule has 1 aliphatic rings. The normalized spacial score (nSPS) is 20.8. The van der Waals surface area contributed by atoms with Gasteiger partial charge in [0.05, 0.1) is 20.3 Å². The summed E-state index contributed by atoms with van der Waals surface area (Å²) in [5.41, 5.74) is 5.59. The molecule has 1 fully saturated rings. The van der Waals surface area contributed by atoms with E-state index in [2.05, 4.69) is 9.84 Å². The van der Waals surface area contributed by atoms with Crippen LogP contribution in [-0.4, -0.2) is 61.4 Å². The number of esters is 1. The third-order valence-electron chi connectivity index (χ3n) is 2.93. The molecular weight excluding hydrogens is 288 g/mol. The summed E-state index contributed by atoms with van der Waals surface area (Å²) in [7, 11) is -1.01. The Kier molecular flexibility index (Phi) is 3.97. The minimum atomic E-state index is -3.81. The van der Waals surface area contributed by atoms with Crippen molar-refractivity contribution in [2.75, 3.05) is 32.5 Å². The predicted molar refractivity (Wildman–Crippen MR) is 68.1 cm³/mol. The number of ether oxygens (including phenoxy) is 2. The zero-order valence-corrected chi connectivity index (χ0v) is 12.0. The lowest BCUT2D eigenvalue weighted by Crippen LogP contribution is -2.48. The predicted octanol–water partition coefficient (Wildman–Crippen LogP) is -1.44. The van der Waals surface area contributed by atoms with E-state index in [4.69, 9.17) is 10.5 Å². The van der Waals surface area contributed by atoms with Gasteiger partial charge >= 0.3 is 5.97 Å². The molecule has 1 atom stereocenters. The number of aromatic nitrogens is 2. The maximum atomic E-state index is 12.5. The van der Waals surface area contributed by atoms with Gasteiger partial charge in [-0.1, -0.05) is 0 Å². The van der Waals surface area contributed by atoms with Crippen LogP contribution in [0.25, 0.3) is 0 Å². The van der Waals surface area contributed by atoms with Crippen LogP contribution < -0.4 is 5.73 Å². The summed E-state index contributed by atoms with van der Waals surface area (Å²) in [6.45, 7) is 0.146. The SMILES string of the molecule is COC(=O)C1CN(S(=O)(=O)c2cn(C)nc2N)CCO1. The molecule has 10 heteroatoms. The van der Waals surface area contributed by atoms with Crippen molar-refractivity contribution in [3.05, 3.63) is 6.20 Å². The van der Waals surface area contributed by atoms with E-state index in [0.717, 1.165) is 4.31 Å². The van der Waals surface area contributed by atoms with E-state index in [1.165, 1.54) is 18.0 Å². The van der Waals surface area contributed by atoms with E-state index < -0.39 is 22.1 Å². The van der Waals surface area contributed by atoms with Crippen LogP contribution in [0.1, 0.15) is 0 Å². The summed E-state index contributed by atoms with van der Waals surface area (Å²) in [6, 6.07) is 0. The zero-order valence-electron chi connectivity index (χ0n) is 11.1. The molecule has 0 saturated carbocycles. The molecule has 0 aromatic carbocycles.